The van der Waals surface area contributed by atoms with Crippen LogP contribution in [0.1, 0.15) is 37.4 Å². The standard InChI is InChI=1S/C13H20N6O3S2/c1-9(2)7-19-8-10(14-18-19)4-3-5-11(20)6-12-15-16-13(23-12)17-24(21)22/h8-9H,3-7H2,1-2H3,(H,16,17)(H,21,22). The summed E-state index contributed by atoms with van der Waals surface area (Å²) >= 11 is -1.09. The van der Waals surface area contributed by atoms with Crippen LogP contribution < -0.4 is 4.72 Å². The van der Waals surface area contributed by atoms with Gasteiger partial charge in [-0.15, -0.1) is 15.3 Å². The first-order valence-corrected chi connectivity index (χ1v) is 9.45. The van der Waals surface area contributed by atoms with Crippen molar-refractivity contribution in [3.05, 3.63) is 16.9 Å². The Bertz CT molecular complexity index is 699. The Hall–Kier alpha value is -1.72. The number of carbonyl (C=O) groups is 1. The highest BCUT2D eigenvalue weighted by Crippen LogP contribution is 2.17. The summed E-state index contributed by atoms with van der Waals surface area (Å²) in [5.41, 5.74) is 0.885. The number of aromatic nitrogens is 5. The molecule has 1 unspecified atom stereocenters. The molecule has 0 radical (unpaired) electrons. The highest BCUT2D eigenvalue weighted by molar-refractivity contribution is 7.80. The van der Waals surface area contributed by atoms with Crippen molar-refractivity contribution in [1.29, 1.82) is 0 Å². The highest BCUT2D eigenvalue weighted by atomic mass is 32.2. The Morgan fingerprint density at radius 3 is 2.92 bits per heavy atom. The molecule has 2 aromatic rings. The van der Waals surface area contributed by atoms with Crippen LogP contribution in [-0.2, 0) is 35.4 Å². The molecule has 0 spiro atoms. The average molecular weight is 372 g/mol. The predicted molar refractivity (Wildman–Crippen MR) is 90.8 cm³/mol. The van der Waals surface area contributed by atoms with Gasteiger partial charge in [0.25, 0.3) is 11.3 Å². The molecule has 0 aliphatic rings. The van der Waals surface area contributed by atoms with Crippen LogP contribution >= 0.6 is 11.3 Å². The molecule has 0 amide bonds. The van der Waals surface area contributed by atoms with Crippen molar-refractivity contribution in [3.63, 3.8) is 0 Å². The lowest BCUT2D eigenvalue weighted by atomic mass is 10.1. The summed E-state index contributed by atoms with van der Waals surface area (Å²) in [7, 11) is 0. The molecule has 24 heavy (non-hydrogen) atoms. The van der Waals surface area contributed by atoms with Gasteiger partial charge in [0.2, 0.25) is 5.13 Å². The third-order valence-corrected chi connectivity index (χ3v) is 4.35. The van der Waals surface area contributed by atoms with E-state index >= 15 is 0 Å². The van der Waals surface area contributed by atoms with Gasteiger partial charge in [0.05, 0.1) is 12.1 Å². The first-order valence-electron chi connectivity index (χ1n) is 7.53. The SMILES string of the molecule is CC(C)Cn1cc(CCCC(=O)Cc2nnc(NS(=O)O)s2)nn1. The fraction of sp³-hybridized carbons (Fsp3) is 0.615. The Morgan fingerprint density at radius 1 is 1.42 bits per heavy atom. The molecule has 2 heterocycles. The molecule has 0 aromatic carbocycles. The van der Waals surface area contributed by atoms with Gasteiger partial charge in [0.15, 0.2) is 0 Å². The molecule has 2 N–H and O–H groups in total. The quantitative estimate of drug-likeness (QED) is 0.605. The highest BCUT2D eigenvalue weighted by Gasteiger charge is 2.11. The third-order valence-electron chi connectivity index (χ3n) is 3.02. The van der Waals surface area contributed by atoms with Crippen LogP contribution in [0.4, 0.5) is 5.13 Å². The Morgan fingerprint density at radius 2 is 2.21 bits per heavy atom. The number of hydrogen-bond donors (Lipinski definition) is 2. The molecule has 0 saturated heterocycles. The van der Waals surface area contributed by atoms with Gasteiger partial charge in [-0.3, -0.25) is 18.8 Å². The summed E-state index contributed by atoms with van der Waals surface area (Å²) in [4.78, 5) is 12.0. The Balaban J connectivity index is 1.72. The first-order chi connectivity index (χ1) is 11.4. The van der Waals surface area contributed by atoms with Crippen molar-refractivity contribution >= 4 is 33.5 Å². The van der Waals surface area contributed by atoms with Crippen molar-refractivity contribution < 1.29 is 13.6 Å². The maximum absolute atomic E-state index is 12.0. The van der Waals surface area contributed by atoms with Crippen LogP contribution in [-0.4, -0.2) is 39.7 Å². The van der Waals surface area contributed by atoms with Gasteiger partial charge in [-0.2, -0.15) is 0 Å². The van der Waals surface area contributed by atoms with Crippen LogP contribution in [0.5, 0.6) is 0 Å². The van der Waals surface area contributed by atoms with E-state index < -0.39 is 11.3 Å². The van der Waals surface area contributed by atoms with E-state index in [-0.39, 0.29) is 17.3 Å². The van der Waals surface area contributed by atoms with Gasteiger partial charge in [0.1, 0.15) is 10.8 Å². The van der Waals surface area contributed by atoms with Gasteiger partial charge in [-0.1, -0.05) is 30.4 Å². The summed E-state index contributed by atoms with van der Waals surface area (Å²) in [6.07, 6.45) is 3.92. The first kappa shape index (κ1) is 18.6. The summed E-state index contributed by atoms with van der Waals surface area (Å²) in [5, 5.41) is 16.4. The third kappa shape index (κ3) is 6.42. The second kappa shape index (κ2) is 8.94. The lowest BCUT2D eigenvalue weighted by Gasteiger charge is -2.01. The number of anilines is 1. The van der Waals surface area contributed by atoms with Gasteiger partial charge < -0.3 is 0 Å². The molecule has 0 saturated carbocycles. The van der Waals surface area contributed by atoms with E-state index in [1.165, 1.54) is 0 Å². The molecule has 2 rings (SSSR count). The van der Waals surface area contributed by atoms with Gasteiger partial charge >= 0.3 is 0 Å². The van der Waals surface area contributed by atoms with Crippen molar-refractivity contribution in [1.82, 2.24) is 25.2 Å². The van der Waals surface area contributed by atoms with Crippen molar-refractivity contribution in [3.8, 4) is 0 Å². The fourth-order valence-electron chi connectivity index (χ4n) is 2.08. The number of nitrogens with zero attached hydrogens (tertiary/aromatic N) is 5. The van der Waals surface area contributed by atoms with Crippen molar-refractivity contribution in [2.75, 3.05) is 4.72 Å². The van der Waals surface area contributed by atoms with Gasteiger partial charge in [0, 0.05) is 19.2 Å². The van der Waals surface area contributed by atoms with Crippen LogP contribution in [0.15, 0.2) is 6.20 Å². The van der Waals surface area contributed by atoms with Crippen LogP contribution in [0.25, 0.3) is 0 Å². The lowest BCUT2D eigenvalue weighted by molar-refractivity contribution is -0.118. The fourth-order valence-corrected chi connectivity index (χ4v) is 3.27. The molecular formula is C13H20N6O3S2. The van der Waals surface area contributed by atoms with Crippen LogP contribution in [0.3, 0.4) is 0 Å². The number of hydrogen-bond acceptors (Lipinski definition) is 7. The summed E-state index contributed by atoms with van der Waals surface area (Å²) in [6, 6.07) is 0. The minimum absolute atomic E-state index is 0.0531. The number of Topliss-reactive ketones (excluding diaryl/α,β-unsaturated/α-hetero) is 1. The smallest absolute Gasteiger partial charge is 0.261 e. The van der Waals surface area contributed by atoms with E-state index in [2.05, 4.69) is 39.1 Å². The summed E-state index contributed by atoms with van der Waals surface area (Å²) in [5.74, 6) is 0.563. The maximum Gasteiger partial charge on any atom is 0.261 e. The number of ketones is 1. The number of aryl methyl sites for hydroxylation is 1. The second-order valence-corrected chi connectivity index (χ2v) is 7.51. The molecular weight excluding hydrogens is 352 g/mol. The van der Waals surface area contributed by atoms with Gasteiger partial charge in [-0.25, -0.2) is 4.21 Å². The molecule has 132 valence electrons. The molecule has 0 fully saturated rings. The molecule has 1 atom stereocenters. The van der Waals surface area contributed by atoms with Gasteiger partial charge in [-0.05, 0) is 18.8 Å². The number of nitrogens with one attached hydrogen (secondary N) is 1. The van der Waals surface area contributed by atoms with E-state index in [1.54, 1.807) is 0 Å². The lowest BCUT2D eigenvalue weighted by Crippen LogP contribution is -2.04. The second-order valence-electron chi connectivity index (χ2n) is 5.75. The zero-order chi connectivity index (χ0) is 17.5. The Kier molecular flexibility index (Phi) is 6.94. The molecule has 9 nitrogen and oxygen atoms in total. The topological polar surface area (TPSA) is 123 Å². The molecule has 2 aromatic heterocycles. The van der Waals surface area contributed by atoms with Crippen molar-refractivity contribution in [2.45, 2.75) is 46.1 Å². The largest absolute Gasteiger partial charge is 0.299 e. The summed E-state index contributed by atoms with van der Waals surface area (Å²) in [6.45, 7) is 5.07. The van der Waals surface area contributed by atoms with E-state index in [0.717, 1.165) is 23.6 Å². The number of rotatable bonds is 10. The maximum atomic E-state index is 12.0. The molecule has 0 aliphatic carbocycles. The van der Waals surface area contributed by atoms with E-state index in [4.69, 9.17) is 4.55 Å². The predicted octanol–water partition coefficient (Wildman–Crippen LogP) is 1.47. The zero-order valence-electron chi connectivity index (χ0n) is 13.5. The molecule has 11 heteroatoms. The van der Waals surface area contributed by atoms with Crippen LogP contribution in [0, 0.1) is 5.92 Å². The summed E-state index contributed by atoms with van der Waals surface area (Å²) < 4.78 is 23.3. The molecule has 0 aliphatic heterocycles. The van der Waals surface area contributed by atoms with Crippen LogP contribution in [0.2, 0.25) is 0 Å². The minimum Gasteiger partial charge on any atom is -0.299 e. The zero-order valence-corrected chi connectivity index (χ0v) is 15.1. The van der Waals surface area contributed by atoms with E-state index in [0.29, 0.717) is 30.2 Å². The minimum atomic E-state index is -2.19. The Labute approximate surface area is 146 Å². The van der Waals surface area contributed by atoms with E-state index in [9.17, 15) is 9.00 Å². The molecule has 0 bridgehead atoms. The number of carbonyl (C=O) groups excluding carboxylic acids is 1. The average Bonchev–Trinajstić information content (AvgIpc) is 3.07. The van der Waals surface area contributed by atoms with E-state index in [1.807, 2.05) is 10.9 Å². The van der Waals surface area contributed by atoms with Crippen molar-refractivity contribution in [2.24, 2.45) is 5.92 Å². The normalized spacial score (nSPS) is 12.5. The monoisotopic (exact) mass is 372 g/mol.